The molecule has 3 rings (SSSR count). The number of nitrogens with zero attached hydrogens (tertiary/aromatic N) is 1. The van der Waals surface area contributed by atoms with E-state index in [1.165, 1.54) is 0 Å². The molecule has 2 heterocycles. The SMILES string of the molecule is CN1[C@H]2C[C@@H](OC(=O)[C@@H](CO)c3ccccc3)C[C@H]1[C@H](O)C2.Cl. The van der Waals surface area contributed by atoms with E-state index in [2.05, 4.69) is 4.90 Å². The Morgan fingerprint density at radius 1 is 1.30 bits per heavy atom. The van der Waals surface area contributed by atoms with Crippen LogP contribution < -0.4 is 0 Å². The molecule has 0 amide bonds. The fraction of sp³-hybridized carbons (Fsp3) is 0.588. The van der Waals surface area contributed by atoms with E-state index in [1.807, 2.05) is 37.4 Å². The number of likely N-dealkylation sites (N-methyl/N-ethyl adjacent to an activating group) is 1. The van der Waals surface area contributed by atoms with E-state index in [0.29, 0.717) is 6.42 Å². The zero-order valence-electron chi connectivity index (χ0n) is 13.2. The molecule has 0 aromatic heterocycles. The molecule has 2 saturated heterocycles. The smallest absolute Gasteiger partial charge is 0.316 e. The number of aliphatic hydroxyl groups is 2. The highest BCUT2D eigenvalue weighted by Gasteiger charge is 2.45. The zero-order chi connectivity index (χ0) is 15.7. The van der Waals surface area contributed by atoms with E-state index in [1.54, 1.807) is 0 Å². The van der Waals surface area contributed by atoms with E-state index in [4.69, 9.17) is 4.74 Å². The molecule has 6 heteroatoms. The van der Waals surface area contributed by atoms with Crippen LogP contribution in [0.1, 0.15) is 30.7 Å². The number of esters is 1. The number of carbonyl (C=O) groups is 1. The predicted octanol–water partition coefficient (Wildman–Crippen LogP) is 1.32. The molecule has 2 N–H and O–H groups in total. The van der Waals surface area contributed by atoms with E-state index >= 15 is 0 Å². The van der Waals surface area contributed by atoms with Crippen molar-refractivity contribution in [1.82, 2.24) is 4.90 Å². The highest BCUT2D eigenvalue weighted by atomic mass is 35.5. The van der Waals surface area contributed by atoms with Gasteiger partial charge in [-0.1, -0.05) is 30.3 Å². The van der Waals surface area contributed by atoms with Crippen molar-refractivity contribution < 1.29 is 19.7 Å². The van der Waals surface area contributed by atoms with Crippen LogP contribution in [0.3, 0.4) is 0 Å². The van der Waals surface area contributed by atoms with Crippen LogP contribution in [0.15, 0.2) is 30.3 Å². The van der Waals surface area contributed by atoms with Gasteiger partial charge in [-0.25, -0.2) is 0 Å². The molecule has 0 radical (unpaired) electrons. The number of carbonyl (C=O) groups excluding carboxylic acids is 1. The topological polar surface area (TPSA) is 70.0 Å². The second kappa shape index (κ2) is 7.62. The Labute approximate surface area is 142 Å². The third kappa shape index (κ3) is 3.69. The van der Waals surface area contributed by atoms with Gasteiger partial charge in [-0.05, 0) is 19.0 Å². The first-order chi connectivity index (χ1) is 10.6. The molecule has 23 heavy (non-hydrogen) atoms. The van der Waals surface area contributed by atoms with Crippen molar-refractivity contribution in [3.8, 4) is 0 Å². The van der Waals surface area contributed by atoms with Crippen LogP contribution in [0.2, 0.25) is 0 Å². The third-order valence-electron chi connectivity index (χ3n) is 5.05. The minimum atomic E-state index is -0.636. The monoisotopic (exact) mass is 341 g/mol. The minimum Gasteiger partial charge on any atom is -0.462 e. The van der Waals surface area contributed by atoms with Gasteiger partial charge < -0.3 is 14.9 Å². The average molecular weight is 342 g/mol. The Morgan fingerprint density at radius 2 is 2.00 bits per heavy atom. The molecule has 5 nitrogen and oxygen atoms in total. The maximum atomic E-state index is 12.4. The molecule has 2 bridgehead atoms. The largest absolute Gasteiger partial charge is 0.462 e. The summed E-state index contributed by atoms with van der Waals surface area (Å²) in [5.74, 6) is -1.01. The number of benzene rings is 1. The van der Waals surface area contributed by atoms with Gasteiger partial charge in [0.15, 0.2) is 0 Å². The summed E-state index contributed by atoms with van der Waals surface area (Å²) in [5.41, 5.74) is 0.769. The third-order valence-corrected chi connectivity index (χ3v) is 5.05. The molecular formula is C17H24ClNO4. The van der Waals surface area contributed by atoms with Gasteiger partial charge in [0.2, 0.25) is 0 Å². The highest BCUT2D eigenvalue weighted by molar-refractivity contribution is 5.85. The Kier molecular flexibility index (Phi) is 6.03. The number of hydrogen-bond acceptors (Lipinski definition) is 5. The summed E-state index contributed by atoms with van der Waals surface area (Å²) in [6.07, 6.45) is 1.66. The number of hydrogen-bond donors (Lipinski definition) is 2. The summed E-state index contributed by atoms with van der Waals surface area (Å²) in [6.45, 7) is -0.259. The highest BCUT2D eigenvalue weighted by Crippen LogP contribution is 2.36. The normalized spacial score (nSPS) is 31.3. The molecule has 128 valence electrons. The lowest BCUT2D eigenvalue weighted by Gasteiger charge is -2.36. The van der Waals surface area contributed by atoms with E-state index in [-0.39, 0.29) is 49.3 Å². The second-order valence-corrected chi connectivity index (χ2v) is 6.37. The summed E-state index contributed by atoms with van der Waals surface area (Å²) < 4.78 is 5.64. The number of aliphatic hydroxyl groups excluding tert-OH is 2. The molecule has 0 unspecified atom stereocenters. The lowest BCUT2D eigenvalue weighted by Crippen LogP contribution is -2.45. The first-order valence-corrected chi connectivity index (χ1v) is 7.86. The quantitative estimate of drug-likeness (QED) is 0.808. The molecule has 2 aliphatic rings. The van der Waals surface area contributed by atoms with Crippen molar-refractivity contribution in [2.45, 2.75) is 49.5 Å². The molecular weight excluding hydrogens is 318 g/mol. The number of piperidine rings is 1. The van der Waals surface area contributed by atoms with Crippen LogP contribution in [0.5, 0.6) is 0 Å². The first-order valence-electron chi connectivity index (χ1n) is 7.86. The van der Waals surface area contributed by atoms with Crippen molar-refractivity contribution in [3.63, 3.8) is 0 Å². The summed E-state index contributed by atoms with van der Waals surface area (Å²) >= 11 is 0. The van der Waals surface area contributed by atoms with Gasteiger partial charge in [0.05, 0.1) is 12.7 Å². The maximum absolute atomic E-state index is 12.4. The lowest BCUT2D eigenvalue weighted by molar-refractivity contribution is -0.155. The number of rotatable bonds is 4. The molecule has 0 aliphatic carbocycles. The van der Waals surface area contributed by atoms with Crippen molar-refractivity contribution in [2.75, 3.05) is 13.7 Å². The zero-order valence-corrected chi connectivity index (χ0v) is 14.0. The van der Waals surface area contributed by atoms with Crippen LogP contribution in [-0.2, 0) is 9.53 Å². The average Bonchev–Trinajstić information content (AvgIpc) is 2.68. The molecule has 2 aliphatic heterocycles. The van der Waals surface area contributed by atoms with Crippen LogP contribution in [0.4, 0.5) is 0 Å². The Bertz CT molecular complexity index is 527. The van der Waals surface area contributed by atoms with Crippen LogP contribution in [0.25, 0.3) is 0 Å². The van der Waals surface area contributed by atoms with Gasteiger partial charge in [-0.15, -0.1) is 12.4 Å². The van der Waals surface area contributed by atoms with Gasteiger partial charge in [0.25, 0.3) is 0 Å². The molecule has 0 saturated carbocycles. The Balaban J connectivity index is 0.00000192. The summed E-state index contributed by atoms with van der Waals surface area (Å²) in [7, 11) is 2.02. The molecule has 5 atom stereocenters. The summed E-state index contributed by atoms with van der Waals surface area (Å²) in [4.78, 5) is 14.6. The van der Waals surface area contributed by atoms with Gasteiger partial charge >= 0.3 is 5.97 Å². The molecule has 2 fully saturated rings. The fourth-order valence-electron chi connectivity index (χ4n) is 3.74. The van der Waals surface area contributed by atoms with Crippen molar-refractivity contribution in [3.05, 3.63) is 35.9 Å². The Morgan fingerprint density at radius 3 is 2.61 bits per heavy atom. The van der Waals surface area contributed by atoms with Crippen LogP contribution in [-0.4, -0.2) is 59.0 Å². The van der Waals surface area contributed by atoms with Crippen molar-refractivity contribution in [1.29, 1.82) is 0 Å². The standard InChI is InChI=1S/C17H23NO4.ClH/c1-18-12-7-13(9-15(18)16(20)8-12)22-17(21)14(10-19)11-5-3-2-4-6-11;/h2-6,12-16,19-20H,7-10H2,1H3;1H/t12-,13+,14-,15-,16+;/m0./s1. The first kappa shape index (κ1) is 18.2. The summed E-state index contributed by atoms with van der Waals surface area (Å²) in [6, 6.07) is 9.56. The predicted molar refractivity (Wildman–Crippen MR) is 88.6 cm³/mol. The minimum absolute atomic E-state index is 0. The van der Waals surface area contributed by atoms with Crippen molar-refractivity contribution in [2.24, 2.45) is 0 Å². The number of ether oxygens (including phenoxy) is 1. The van der Waals surface area contributed by atoms with Gasteiger partial charge in [0, 0.05) is 24.9 Å². The molecule has 0 spiro atoms. The number of fused-ring (bicyclic) bond motifs is 2. The van der Waals surface area contributed by atoms with E-state index < -0.39 is 5.92 Å². The molecule has 1 aromatic carbocycles. The lowest BCUT2D eigenvalue weighted by atomic mass is 9.98. The number of halogens is 1. The second-order valence-electron chi connectivity index (χ2n) is 6.37. The summed E-state index contributed by atoms with van der Waals surface area (Å²) in [5, 5.41) is 19.6. The van der Waals surface area contributed by atoms with Crippen LogP contribution >= 0.6 is 12.4 Å². The van der Waals surface area contributed by atoms with Gasteiger partial charge in [-0.3, -0.25) is 9.69 Å². The van der Waals surface area contributed by atoms with Gasteiger partial charge in [-0.2, -0.15) is 0 Å². The maximum Gasteiger partial charge on any atom is 0.316 e. The van der Waals surface area contributed by atoms with E-state index in [9.17, 15) is 15.0 Å². The van der Waals surface area contributed by atoms with Crippen LogP contribution in [0, 0.1) is 0 Å². The van der Waals surface area contributed by atoms with Crippen molar-refractivity contribution >= 4 is 18.4 Å². The van der Waals surface area contributed by atoms with Gasteiger partial charge in [0.1, 0.15) is 12.0 Å². The fourth-order valence-corrected chi connectivity index (χ4v) is 3.74. The van der Waals surface area contributed by atoms with E-state index in [0.717, 1.165) is 18.4 Å². The molecule has 1 aromatic rings. The Hall–Kier alpha value is -1.14.